The summed E-state index contributed by atoms with van der Waals surface area (Å²) in [7, 11) is -4.43. The molecule has 2 bridgehead atoms. The van der Waals surface area contributed by atoms with E-state index in [1.807, 2.05) is 73.7 Å². The smallest absolute Gasteiger partial charge is 0.417 e. The first-order valence-electron chi connectivity index (χ1n) is 17.8. The van der Waals surface area contributed by atoms with Gasteiger partial charge in [0.2, 0.25) is 5.91 Å². The van der Waals surface area contributed by atoms with E-state index in [-0.39, 0.29) is 35.8 Å². The van der Waals surface area contributed by atoms with E-state index >= 15 is 0 Å². The normalized spacial score (nSPS) is 28.5. The van der Waals surface area contributed by atoms with Gasteiger partial charge in [0.25, 0.3) is 0 Å². The lowest BCUT2D eigenvalue weighted by molar-refractivity contribution is -0.236. The fourth-order valence-corrected chi connectivity index (χ4v) is 9.76. The summed E-state index contributed by atoms with van der Waals surface area (Å²) in [6.07, 6.45) is 6.66. The maximum Gasteiger partial charge on any atom is 0.417 e. The summed E-state index contributed by atoms with van der Waals surface area (Å²) in [5.74, 6) is 6.22. The molecule has 0 radical (unpaired) electrons. The van der Waals surface area contributed by atoms with Crippen LogP contribution in [0.3, 0.4) is 0 Å². The second kappa shape index (κ2) is 14.0. The van der Waals surface area contributed by atoms with Crippen LogP contribution < -0.4 is 0 Å². The van der Waals surface area contributed by atoms with E-state index < -0.39 is 45.6 Å². The number of amides is 2. The quantitative estimate of drug-likeness (QED) is 0.132. The predicted octanol–water partition coefficient (Wildman–Crippen LogP) is 9.06. The van der Waals surface area contributed by atoms with Crippen molar-refractivity contribution < 1.29 is 27.9 Å². The third-order valence-electron chi connectivity index (χ3n) is 10.8. The fraction of sp³-hybridized carbons (Fsp3) is 0.512. The molecule has 3 aliphatic rings. The number of benzene rings is 2. The van der Waals surface area contributed by atoms with Gasteiger partial charge in [0.1, 0.15) is 23.9 Å². The van der Waals surface area contributed by atoms with Gasteiger partial charge in [-0.15, -0.1) is 6.58 Å². The first-order valence-corrected chi connectivity index (χ1v) is 24.2. The zero-order valence-electron chi connectivity index (χ0n) is 31.4. The van der Waals surface area contributed by atoms with Crippen LogP contribution >= 0.6 is 0 Å². The summed E-state index contributed by atoms with van der Waals surface area (Å²) >= 11 is 0. The highest BCUT2D eigenvalue weighted by atomic mass is 28.4. The molecular formula is C41H55NO6Si2. The lowest BCUT2D eigenvalue weighted by atomic mass is 9.64. The fourth-order valence-electron chi connectivity index (χ4n) is 7.36. The predicted molar refractivity (Wildman–Crippen MR) is 203 cm³/mol. The average Bonchev–Trinajstić information content (AvgIpc) is 3.60. The van der Waals surface area contributed by atoms with Crippen LogP contribution in [0.1, 0.15) is 64.1 Å². The molecule has 9 heteroatoms. The van der Waals surface area contributed by atoms with Crippen molar-refractivity contribution in [2.45, 2.75) is 108 Å². The summed E-state index contributed by atoms with van der Waals surface area (Å²) in [4.78, 5) is 28.6. The molecule has 3 heterocycles. The molecule has 0 aromatic heterocycles. The first kappa shape index (κ1) is 38.0. The summed E-state index contributed by atoms with van der Waals surface area (Å²) in [6, 6.07) is 19.1. The van der Waals surface area contributed by atoms with Crippen molar-refractivity contribution in [3.8, 4) is 11.8 Å². The Bertz CT molecular complexity index is 1650. The summed E-state index contributed by atoms with van der Waals surface area (Å²) < 4.78 is 27.0. The molecule has 0 N–H and O–H groups in total. The number of fused-ring (bicyclic) bond motifs is 2. The first-order chi connectivity index (χ1) is 23.4. The van der Waals surface area contributed by atoms with Crippen molar-refractivity contribution in [2.24, 2.45) is 11.8 Å². The second-order valence-electron chi connectivity index (χ2n) is 16.7. The van der Waals surface area contributed by atoms with Gasteiger partial charge >= 0.3 is 6.09 Å². The Morgan fingerprint density at radius 3 is 2.30 bits per heavy atom. The lowest BCUT2D eigenvalue weighted by Crippen LogP contribution is -2.66. The molecule has 2 saturated heterocycles. The molecular weight excluding hydrogens is 659 g/mol. The number of carbonyl (C=O) groups excluding carboxylic acids is 2. The van der Waals surface area contributed by atoms with Crippen molar-refractivity contribution in [3.63, 3.8) is 0 Å². The van der Waals surface area contributed by atoms with E-state index in [0.717, 1.165) is 11.1 Å². The summed E-state index contributed by atoms with van der Waals surface area (Å²) in [5.41, 5.74) is -0.982. The maximum atomic E-state index is 14.2. The molecule has 2 fully saturated rings. The Morgan fingerprint density at radius 1 is 1.06 bits per heavy atom. The molecule has 5 rings (SSSR count). The number of hydrogen-bond donors (Lipinski definition) is 0. The van der Waals surface area contributed by atoms with Gasteiger partial charge in [0.15, 0.2) is 16.6 Å². The molecule has 2 amide bonds. The highest BCUT2D eigenvalue weighted by molar-refractivity contribution is 6.74. The number of rotatable bonds is 11. The van der Waals surface area contributed by atoms with Gasteiger partial charge in [-0.05, 0) is 67.8 Å². The molecule has 268 valence electrons. The molecule has 3 aliphatic heterocycles. The number of ether oxygens (including phenoxy) is 2. The third-order valence-corrected chi connectivity index (χ3v) is 16.3. The number of carbonyl (C=O) groups is 2. The van der Waals surface area contributed by atoms with Crippen LogP contribution in [0.5, 0.6) is 0 Å². The molecule has 2 aromatic rings. The van der Waals surface area contributed by atoms with Gasteiger partial charge in [-0.1, -0.05) is 106 Å². The zero-order valence-corrected chi connectivity index (χ0v) is 33.4. The number of hydrogen-bond acceptors (Lipinski definition) is 6. The maximum absolute atomic E-state index is 14.2. The largest absolute Gasteiger partial charge is 0.446 e. The van der Waals surface area contributed by atoms with E-state index in [4.69, 9.17) is 18.3 Å². The van der Waals surface area contributed by atoms with Crippen molar-refractivity contribution in [1.82, 2.24) is 4.90 Å². The monoisotopic (exact) mass is 713 g/mol. The minimum absolute atomic E-state index is 0.00145. The second-order valence-corrected chi connectivity index (χ2v) is 26.0. The number of imide groups is 1. The van der Waals surface area contributed by atoms with Crippen LogP contribution in [0.2, 0.25) is 37.8 Å². The minimum atomic E-state index is -2.25. The van der Waals surface area contributed by atoms with Crippen molar-refractivity contribution in [3.05, 3.63) is 96.6 Å². The highest BCUT2D eigenvalue weighted by Crippen LogP contribution is 2.58. The molecule has 0 spiro atoms. The Labute approximate surface area is 301 Å². The van der Waals surface area contributed by atoms with Gasteiger partial charge < -0.3 is 18.3 Å². The van der Waals surface area contributed by atoms with Crippen LogP contribution in [0, 0.1) is 23.7 Å². The SMILES string of the molecule is C=CC[C@H]1[C@]2([C@H](C)CC(=O)N3C(=O)OC[C@H]3c3ccccc3)C=C[C@@](CO[Si](C)(C)C(C)(C)C)(C[C@@]1(C#Cc1ccccc1)O[Si](C)(C)C)O2. The van der Waals surface area contributed by atoms with Crippen LogP contribution in [-0.2, 0) is 23.1 Å². The van der Waals surface area contributed by atoms with E-state index in [1.165, 1.54) is 4.90 Å². The summed E-state index contributed by atoms with van der Waals surface area (Å²) in [6.45, 7) is 24.5. The Balaban J connectivity index is 1.60. The van der Waals surface area contributed by atoms with Gasteiger partial charge in [0.05, 0.1) is 12.2 Å². The standard InChI is InChI=1S/C41H55NO6Si2/c1-11-18-35-40(48-49(6,7)8,24-23-32-19-14-12-15-20-32)29-39(30-46-50(9,10)38(3,4)5)25-26-41(35,47-39)31(2)27-36(43)42-34(28-45-37(42)44)33-21-16-13-17-22-33/h11-17,19-22,25-26,31,34-35H,1,18,27-30H2,2-10H3/t31-,34+,35-,39+,40-,41-/m1/s1. The minimum Gasteiger partial charge on any atom is -0.446 e. The molecule has 0 saturated carbocycles. The molecule has 0 unspecified atom stereocenters. The van der Waals surface area contributed by atoms with Gasteiger partial charge in [-0.3, -0.25) is 4.79 Å². The number of nitrogens with zero attached hydrogens (tertiary/aromatic N) is 1. The third kappa shape index (κ3) is 7.65. The topological polar surface area (TPSA) is 74.3 Å². The van der Waals surface area contributed by atoms with E-state index in [2.05, 4.69) is 84.1 Å². The van der Waals surface area contributed by atoms with Gasteiger partial charge in [0, 0.05) is 24.3 Å². The molecule has 2 aromatic carbocycles. The zero-order chi connectivity index (χ0) is 36.6. The van der Waals surface area contributed by atoms with Gasteiger partial charge in [-0.25, -0.2) is 9.69 Å². The van der Waals surface area contributed by atoms with Crippen molar-refractivity contribution in [1.29, 1.82) is 0 Å². The highest BCUT2D eigenvalue weighted by Gasteiger charge is 2.66. The number of cyclic esters (lactones) is 1. The van der Waals surface area contributed by atoms with E-state index in [9.17, 15) is 9.59 Å². The molecule has 0 aliphatic carbocycles. The van der Waals surface area contributed by atoms with Crippen molar-refractivity contribution >= 4 is 28.6 Å². The van der Waals surface area contributed by atoms with E-state index in [1.54, 1.807) is 0 Å². The molecule has 7 nitrogen and oxygen atoms in total. The van der Waals surface area contributed by atoms with E-state index in [0.29, 0.717) is 19.4 Å². The van der Waals surface area contributed by atoms with Crippen LogP contribution in [0.4, 0.5) is 4.79 Å². The Hall–Kier alpha value is -3.27. The van der Waals surface area contributed by atoms with Gasteiger partial charge in [-0.2, -0.15) is 0 Å². The summed E-state index contributed by atoms with van der Waals surface area (Å²) in [5, 5.41) is 0.00145. The van der Waals surface area contributed by atoms with Crippen LogP contribution in [0.15, 0.2) is 85.5 Å². The van der Waals surface area contributed by atoms with Crippen molar-refractivity contribution in [2.75, 3.05) is 13.2 Å². The number of allylic oxidation sites excluding steroid dienone is 1. The Kier molecular flexibility index (Phi) is 10.7. The molecule has 6 atom stereocenters. The average molecular weight is 714 g/mol. The molecule has 50 heavy (non-hydrogen) atoms. The lowest BCUT2D eigenvalue weighted by Gasteiger charge is -2.57. The van der Waals surface area contributed by atoms with Crippen LogP contribution in [-0.4, -0.2) is 63.6 Å². The van der Waals surface area contributed by atoms with Crippen LogP contribution in [0.25, 0.3) is 0 Å². The Morgan fingerprint density at radius 2 is 1.70 bits per heavy atom.